The van der Waals surface area contributed by atoms with Crippen molar-refractivity contribution in [2.75, 3.05) is 14.2 Å². The highest BCUT2D eigenvalue weighted by molar-refractivity contribution is 5.77. The third-order valence-electron chi connectivity index (χ3n) is 4.34. The number of nitrogens with one attached hydrogen (secondary N) is 1. The number of methoxy groups -OCH3 is 2. The van der Waals surface area contributed by atoms with Crippen LogP contribution >= 0.6 is 0 Å². The Kier molecular flexibility index (Phi) is 6.13. The molecule has 1 N–H and O–H groups in total. The van der Waals surface area contributed by atoms with Crippen LogP contribution < -0.4 is 14.9 Å². The molecule has 3 aromatic rings. The molecule has 29 heavy (non-hydrogen) atoms. The van der Waals surface area contributed by atoms with Crippen LogP contribution in [0.5, 0.6) is 11.5 Å². The maximum Gasteiger partial charge on any atom is 0.270 e. The van der Waals surface area contributed by atoms with Gasteiger partial charge >= 0.3 is 0 Å². The zero-order valence-electron chi connectivity index (χ0n) is 16.3. The van der Waals surface area contributed by atoms with E-state index >= 15 is 0 Å². The van der Waals surface area contributed by atoms with Crippen LogP contribution in [0.4, 0.5) is 5.69 Å². The molecule has 2 aromatic carbocycles. The van der Waals surface area contributed by atoms with Crippen molar-refractivity contribution in [1.29, 1.82) is 0 Å². The van der Waals surface area contributed by atoms with Gasteiger partial charge in [0.2, 0.25) is 0 Å². The molecule has 8 heteroatoms. The second kappa shape index (κ2) is 8.92. The summed E-state index contributed by atoms with van der Waals surface area (Å²) < 4.78 is 16.3. The van der Waals surface area contributed by atoms with Crippen LogP contribution in [0.25, 0.3) is 11.3 Å². The fraction of sp³-hybridized carbons (Fsp3) is 0.190. The van der Waals surface area contributed by atoms with Crippen LogP contribution in [0.2, 0.25) is 0 Å². The number of rotatable bonds is 8. The minimum atomic E-state index is -0.424. The molecule has 3 rings (SSSR count). The van der Waals surface area contributed by atoms with Gasteiger partial charge in [0.25, 0.3) is 5.69 Å². The highest BCUT2D eigenvalue weighted by Gasteiger charge is 2.13. The van der Waals surface area contributed by atoms with E-state index in [1.165, 1.54) is 12.1 Å². The first-order valence-corrected chi connectivity index (χ1v) is 8.84. The Bertz CT molecular complexity index is 1040. The van der Waals surface area contributed by atoms with E-state index in [1.54, 1.807) is 38.6 Å². The third-order valence-corrected chi connectivity index (χ3v) is 4.34. The van der Waals surface area contributed by atoms with E-state index in [0.29, 0.717) is 35.1 Å². The molecule has 0 aliphatic heterocycles. The number of furan rings is 1. The Morgan fingerprint density at radius 1 is 1.10 bits per heavy atom. The normalized spacial score (nSPS) is 10.9. The van der Waals surface area contributed by atoms with Crippen molar-refractivity contribution in [3.63, 3.8) is 0 Å². The summed E-state index contributed by atoms with van der Waals surface area (Å²) in [6, 6.07) is 13.8. The lowest BCUT2D eigenvalue weighted by molar-refractivity contribution is -0.384. The van der Waals surface area contributed by atoms with Crippen LogP contribution in [0.15, 0.2) is 58.0 Å². The molecule has 0 bridgehead atoms. The Balaban J connectivity index is 1.66. The van der Waals surface area contributed by atoms with Gasteiger partial charge in [0.15, 0.2) is 11.5 Å². The third kappa shape index (κ3) is 4.73. The first-order chi connectivity index (χ1) is 14.0. The molecule has 0 aliphatic rings. The second-order valence-electron chi connectivity index (χ2n) is 6.24. The zero-order valence-corrected chi connectivity index (χ0v) is 16.3. The van der Waals surface area contributed by atoms with Crippen molar-refractivity contribution in [1.82, 2.24) is 5.43 Å². The van der Waals surface area contributed by atoms with Gasteiger partial charge in [-0.2, -0.15) is 5.10 Å². The monoisotopic (exact) mass is 395 g/mol. The molecule has 150 valence electrons. The van der Waals surface area contributed by atoms with Crippen molar-refractivity contribution in [3.8, 4) is 22.8 Å². The largest absolute Gasteiger partial charge is 0.493 e. The number of hydrazone groups is 1. The number of benzene rings is 2. The van der Waals surface area contributed by atoms with Gasteiger partial charge in [-0.3, -0.25) is 10.1 Å². The summed E-state index contributed by atoms with van der Waals surface area (Å²) in [6.07, 6.45) is 1.55. The van der Waals surface area contributed by atoms with Crippen LogP contribution in [-0.2, 0) is 6.54 Å². The van der Waals surface area contributed by atoms with Crippen molar-refractivity contribution in [2.24, 2.45) is 5.10 Å². The maximum absolute atomic E-state index is 11.0. The first kappa shape index (κ1) is 19.9. The maximum atomic E-state index is 11.0. The van der Waals surface area contributed by atoms with Gasteiger partial charge in [-0.05, 0) is 42.3 Å². The summed E-state index contributed by atoms with van der Waals surface area (Å²) in [4.78, 5) is 10.6. The molecule has 0 atom stereocenters. The molecule has 0 amide bonds. The van der Waals surface area contributed by atoms with E-state index in [4.69, 9.17) is 13.9 Å². The van der Waals surface area contributed by atoms with E-state index in [0.717, 1.165) is 11.1 Å². The molecule has 8 nitrogen and oxygen atoms in total. The minimum Gasteiger partial charge on any atom is -0.493 e. The number of nitro groups is 1. The van der Waals surface area contributed by atoms with Crippen molar-refractivity contribution in [2.45, 2.75) is 13.5 Å². The van der Waals surface area contributed by atoms with Crippen LogP contribution in [0.3, 0.4) is 0 Å². The van der Waals surface area contributed by atoms with E-state index in [-0.39, 0.29) is 5.69 Å². The SMILES string of the molecule is COc1ccc(CN/N=C/c2ccc(-c3cc([N+](=O)[O-])ccc3C)o2)cc1OC. The van der Waals surface area contributed by atoms with Crippen molar-refractivity contribution >= 4 is 11.9 Å². The van der Waals surface area contributed by atoms with E-state index in [2.05, 4.69) is 10.5 Å². The average molecular weight is 395 g/mol. The molecule has 0 saturated carbocycles. The highest BCUT2D eigenvalue weighted by Crippen LogP contribution is 2.29. The number of hydrogen-bond donors (Lipinski definition) is 1. The number of hydrogen-bond acceptors (Lipinski definition) is 7. The van der Waals surface area contributed by atoms with Gasteiger partial charge in [-0.15, -0.1) is 0 Å². The molecule has 0 unspecified atom stereocenters. The predicted molar refractivity (Wildman–Crippen MR) is 110 cm³/mol. The number of non-ortho nitro benzene ring substituents is 1. The molecular formula is C21H21N3O5. The Morgan fingerprint density at radius 3 is 2.62 bits per heavy atom. The van der Waals surface area contributed by atoms with Crippen LogP contribution in [0, 0.1) is 17.0 Å². The van der Waals surface area contributed by atoms with Gasteiger partial charge in [0.1, 0.15) is 11.5 Å². The highest BCUT2D eigenvalue weighted by atomic mass is 16.6. The molecular weight excluding hydrogens is 374 g/mol. The topological polar surface area (TPSA) is 99.1 Å². The van der Waals surface area contributed by atoms with Gasteiger partial charge in [-0.1, -0.05) is 12.1 Å². The van der Waals surface area contributed by atoms with Gasteiger partial charge in [0, 0.05) is 17.7 Å². The molecule has 0 spiro atoms. The predicted octanol–water partition coefficient (Wildman–Crippen LogP) is 4.30. The summed E-state index contributed by atoms with van der Waals surface area (Å²) in [5.74, 6) is 2.40. The van der Waals surface area contributed by atoms with Crippen molar-refractivity contribution in [3.05, 3.63) is 75.5 Å². The van der Waals surface area contributed by atoms with E-state index in [9.17, 15) is 10.1 Å². The summed E-state index contributed by atoms with van der Waals surface area (Å²) in [5.41, 5.74) is 5.51. The lowest BCUT2D eigenvalue weighted by Crippen LogP contribution is -2.05. The second-order valence-corrected chi connectivity index (χ2v) is 6.24. The van der Waals surface area contributed by atoms with Gasteiger partial charge < -0.3 is 19.3 Å². The first-order valence-electron chi connectivity index (χ1n) is 8.84. The van der Waals surface area contributed by atoms with E-state index in [1.807, 2.05) is 25.1 Å². The quantitative estimate of drug-likeness (QED) is 0.347. The average Bonchev–Trinajstić information content (AvgIpc) is 3.19. The minimum absolute atomic E-state index is 0.0220. The molecule has 0 radical (unpaired) electrons. The number of aryl methyl sites for hydroxylation is 1. The van der Waals surface area contributed by atoms with Crippen LogP contribution in [-0.4, -0.2) is 25.4 Å². The smallest absolute Gasteiger partial charge is 0.270 e. The summed E-state index contributed by atoms with van der Waals surface area (Å²) in [6.45, 7) is 2.37. The standard InChI is InChI=1S/C21H21N3O5/c1-14-4-6-16(24(25)26)11-18(14)19-9-7-17(29-19)13-23-22-12-15-5-8-20(27-2)21(10-15)28-3/h4-11,13,22H,12H2,1-3H3/b23-13+. The Hall–Kier alpha value is -3.81. The molecule has 1 aromatic heterocycles. The number of ether oxygens (including phenoxy) is 2. The van der Waals surface area contributed by atoms with Gasteiger partial charge in [-0.25, -0.2) is 0 Å². The lowest BCUT2D eigenvalue weighted by atomic mass is 10.1. The zero-order chi connectivity index (χ0) is 20.8. The fourth-order valence-corrected chi connectivity index (χ4v) is 2.79. The van der Waals surface area contributed by atoms with Gasteiger partial charge in [0.05, 0.1) is 31.9 Å². The molecule has 0 saturated heterocycles. The number of nitro benzene ring substituents is 1. The summed E-state index contributed by atoms with van der Waals surface area (Å²) in [7, 11) is 3.18. The summed E-state index contributed by atoms with van der Waals surface area (Å²) >= 11 is 0. The lowest BCUT2D eigenvalue weighted by Gasteiger charge is -2.09. The number of nitrogens with zero attached hydrogens (tertiary/aromatic N) is 2. The molecule has 1 heterocycles. The van der Waals surface area contributed by atoms with Crippen LogP contribution in [0.1, 0.15) is 16.9 Å². The molecule has 0 aliphatic carbocycles. The Morgan fingerprint density at radius 2 is 1.90 bits per heavy atom. The van der Waals surface area contributed by atoms with E-state index < -0.39 is 4.92 Å². The molecule has 0 fully saturated rings. The summed E-state index contributed by atoms with van der Waals surface area (Å²) in [5, 5.41) is 15.2. The fourth-order valence-electron chi connectivity index (χ4n) is 2.79. The Labute approximate surface area is 167 Å². The van der Waals surface area contributed by atoms with Crippen molar-refractivity contribution < 1.29 is 18.8 Å².